The largest absolute Gasteiger partial charge is 0.489 e. The van der Waals surface area contributed by atoms with Crippen LogP contribution in [0.15, 0.2) is 36.4 Å². The second-order valence-corrected chi connectivity index (χ2v) is 7.25. The predicted octanol–water partition coefficient (Wildman–Crippen LogP) is 4.24. The fraction of sp³-hybridized carbons (Fsp3) is 0.381. The van der Waals surface area contributed by atoms with Gasteiger partial charge in [-0.25, -0.2) is 0 Å². The number of nitrogens with one attached hydrogen (secondary N) is 1. The Hall–Kier alpha value is -2.20. The van der Waals surface area contributed by atoms with Gasteiger partial charge in [-0.3, -0.25) is 4.79 Å². The van der Waals surface area contributed by atoms with Crippen LogP contribution < -0.4 is 14.8 Å². The smallest absolute Gasteiger partial charge is 0.224 e. The summed E-state index contributed by atoms with van der Waals surface area (Å²) in [4.78, 5) is 12.6. The molecule has 2 aromatic carbocycles. The number of hydrogen-bond acceptors (Lipinski definition) is 3. The highest BCUT2D eigenvalue weighted by Gasteiger charge is 2.22. The average Bonchev–Trinajstić information content (AvgIpc) is 2.88. The molecule has 4 rings (SSSR count). The third-order valence-corrected chi connectivity index (χ3v) is 5.21. The Morgan fingerprint density at radius 3 is 2.92 bits per heavy atom. The number of amides is 1. The van der Waals surface area contributed by atoms with Crippen molar-refractivity contribution < 1.29 is 14.3 Å². The molecule has 4 nitrogen and oxygen atoms in total. The lowest BCUT2D eigenvalue weighted by Gasteiger charge is -2.26. The van der Waals surface area contributed by atoms with Crippen molar-refractivity contribution in [3.8, 4) is 11.5 Å². The molecule has 1 N–H and O–H groups in total. The molecular formula is C21H22ClNO3. The Balaban J connectivity index is 1.48. The minimum Gasteiger partial charge on any atom is -0.489 e. The molecule has 0 saturated carbocycles. The quantitative estimate of drug-likeness (QED) is 0.877. The number of carbonyl (C=O) groups excluding carboxylic acids is 1. The first-order chi connectivity index (χ1) is 12.7. The SMILES string of the molecule is O=C(Cc1cc(Cl)c2c(c1)OCCCO2)N[C@H]1CCCc2ccccc21. The van der Waals surface area contributed by atoms with E-state index >= 15 is 0 Å². The molecule has 0 saturated heterocycles. The first-order valence-corrected chi connectivity index (χ1v) is 9.53. The van der Waals surface area contributed by atoms with Crippen LogP contribution in [0, 0.1) is 0 Å². The molecule has 26 heavy (non-hydrogen) atoms. The number of fused-ring (bicyclic) bond motifs is 2. The molecule has 5 heteroatoms. The van der Waals surface area contributed by atoms with Crippen molar-refractivity contribution in [2.45, 2.75) is 38.1 Å². The third kappa shape index (κ3) is 3.65. The lowest BCUT2D eigenvalue weighted by atomic mass is 9.87. The van der Waals surface area contributed by atoms with Crippen molar-refractivity contribution in [1.82, 2.24) is 5.32 Å². The zero-order chi connectivity index (χ0) is 17.9. The maximum absolute atomic E-state index is 12.6. The normalized spacial score (nSPS) is 18.6. The van der Waals surface area contributed by atoms with Gasteiger partial charge in [-0.05, 0) is 48.1 Å². The van der Waals surface area contributed by atoms with E-state index < -0.39 is 0 Å². The first kappa shape index (κ1) is 17.2. The molecule has 0 unspecified atom stereocenters. The highest BCUT2D eigenvalue weighted by Crippen LogP contribution is 2.38. The molecule has 1 aliphatic carbocycles. The zero-order valence-electron chi connectivity index (χ0n) is 14.6. The van der Waals surface area contributed by atoms with Crippen LogP contribution in [0.4, 0.5) is 0 Å². The van der Waals surface area contributed by atoms with Gasteiger partial charge in [0.05, 0.1) is 30.7 Å². The summed E-state index contributed by atoms with van der Waals surface area (Å²) in [6, 6.07) is 12.1. The van der Waals surface area contributed by atoms with Gasteiger partial charge < -0.3 is 14.8 Å². The second kappa shape index (κ2) is 7.58. The van der Waals surface area contributed by atoms with Gasteiger partial charge in [0, 0.05) is 6.42 Å². The number of benzene rings is 2. The van der Waals surface area contributed by atoms with Gasteiger partial charge >= 0.3 is 0 Å². The Labute approximate surface area is 158 Å². The Bertz CT molecular complexity index is 821. The summed E-state index contributed by atoms with van der Waals surface area (Å²) in [5.74, 6) is 1.20. The molecule has 0 fully saturated rings. The third-order valence-electron chi connectivity index (χ3n) is 4.93. The van der Waals surface area contributed by atoms with E-state index in [9.17, 15) is 4.79 Å². The maximum atomic E-state index is 12.6. The highest BCUT2D eigenvalue weighted by molar-refractivity contribution is 6.32. The molecule has 1 atom stereocenters. The molecule has 2 aliphatic rings. The second-order valence-electron chi connectivity index (χ2n) is 6.84. The van der Waals surface area contributed by atoms with Crippen molar-refractivity contribution in [1.29, 1.82) is 0 Å². The molecule has 136 valence electrons. The number of hydrogen-bond donors (Lipinski definition) is 1. The van der Waals surface area contributed by atoms with Crippen molar-refractivity contribution in [3.63, 3.8) is 0 Å². The fourth-order valence-corrected chi connectivity index (χ4v) is 4.01. The zero-order valence-corrected chi connectivity index (χ0v) is 15.3. The van der Waals surface area contributed by atoms with Crippen LogP contribution in [0.1, 0.15) is 42.0 Å². The number of rotatable bonds is 3. The van der Waals surface area contributed by atoms with Gasteiger partial charge in [-0.1, -0.05) is 35.9 Å². The molecule has 1 heterocycles. The van der Waals surface area contributed by atoms with Gasteiger partial charge in [0.2, 0.25) is 5.91 Å². The van der Waals surface area contributed by atoms with Crippen LogP contribution in [0.25, 0.3) is 0 Å². The Kier molecular flexibility index (Phi) is 5.02. The summed E-state index contributed by atoms with van der Waals surface area (Å²) in [6.45, 7) is 1.19. The fourth-order valence-electron chi connectivity index (χ4n) is 3.72. The van der Waals surface area contributed by atoms with Gasteiger partial charge in [0.15, 0.2) is 11.5 Å². The summed E-state index contributed by atoms with van der Waals surface area (Å²) in [5.41, 5.74) is 3.41. The summed E-state index contributed by atoms with van der Waals surface area (Å²) in [5, 5.41) is 3.68. The monoisotopic (exact) mass is 371 g/mol. The molecule has 1 amide bonds. The molecular weight excluding hydrogens is 350 g/mol. The Morgan fingerprint density at radius 1 is 1.15 bits per heavy atom. The van der Waals surface area contributed by atoms with Crippen molar-refractivity contribution >= 4 is 17.5 Å². The van der Waals surface area contributed by atoms with E-state index in [2.05, 4.69) is 23.5 Å². The molecule has 0 radical (unpaired) electrons. The molecule has 0 aromatic heterocycles. The topological polar surface area (TPSA) is 47.6 Å². The predicted molar refractivity (Wildman–Crippen MR) is 101 cm³/mol. The van der Waals surface area contributed by atoms with Crippen molar-refractivity contribution in [2.24, 2.45) is 0 Å². The molecule has 2 aromatic rings. The number of ether oxygens (including phenoxy) is 2. The number of halogens is 1. The summed E-state index contributed by atoms with van der Waals surface area (Å²) in [7, 11) is 0. The Morgan fingerprint density at radius 2 is 2.00 bits per heavy atom. The number of aryl methyl sites for hydroxylation is 1. The lowest BCUT2D eigenvalue weighted by molar-refractivity contribution is -0.121. The van der Waals surface area contributed by atoms with Crippen LogP contribution in [-0.4, -0.2) is 19.1 Å². The highest BCUT2D eigenvalue weighted by atomic mass is 35.5. The standard InChI is InChI=1S/C21H22ClNO3/c22-17-11-14(12-19-21(17)26-10-4-9-25-19)13-20(24)23-18-8-3-6-15-5-1-2-7-16(15)18/h1-2,5,7,11-12,18H,3-4,6,8-10,13H2,(H,23,24)/t18-/m0/s1. The van der Waals surface area contributed by atoms with Gasteiger partial charge in [0.25, 0.3) is 0 Å². The van der Waals surface area contributed by atoms with E-state index in [1.54, 1.807) is 6.07 Å². The van der Waals surface area contributed by atoms with E-state index in [-0.39, 0.29) is 18.4 Å². The minimum absolute atomic E-state index is 0.00254. The van der Waals surface area contributed by atoms with E-state index in [1.807, 2.05) is 12.1 Å². The van der Waals surface area contributed by atoms with E-state index in [0.29, 0.717) is 29.7 Å². The molecule has 0 spiro atoms. The summed E-state index contributed by atoms with van der Waals surface area (Å²) >= 11 is 6.33. The van der Waals surface area contributed by atoms with E-state index in [4.69, 9.17) is 21.1 Å². The van der Waals surface area contributed by atoms with Crippen LogP contribution in [0.5, 0.6) is 11.5 Å². The average molecular weight is 372 g/mol. The minimum atomic E-state index is -0.00254. The summed E-state index contributed by atoms with van der Waals surface area (Å²) < 4.78 is 11.3. The van der Waals surface area contributed by atoms with Gasteiger partial charge in [-0.15, -0.1) is 0 Å². The maximum Gasteiger partial charge on any atom is 0.224 e. The molecule has 0 bridgehead atoms. The summed E-state index contributed by atoms with van der Waals surface area (Å²) in [6.07, 6.45) is 4.25. The van der Waals surface area contributed by atoms with Gasteiger partial charge in [0.1, 0.15) is 0 Å². The van der Waals surface area contributed by atoms with Crippen LogP contribution in [-0.2, 0) is 17.6 Å². The molecule has 1 aliphatic heterocycles. The number of carbonyl (C=O) groups is 1. The van der Waals surface area contributed by atoms with Crippen LogP contribution in [0.3, 0.4) is 0 Å². The van der Waals surface area contributed by atoms with Crippen LogP contribution >= 0.6 is 11.6 Å². The van der Waals surface area contributed by atoms with E-state index in [0.717, 1.165) is 31.2 Å². The van der Waals surface area contributed by atoms with Crippen molar-refractivity contribution in [2.75, 3.05) is 13.2 Å². The van der Waals surface area contributed by atoms with Crippen LogP contribution in [0.2, 0.25) is 5.02 Å². The van der Waals surface area contributed by atoms with Crippen molar-refractivity contribution in [3.05, 3.63) is 58.1 Å². The van der Waals surface area contributed by atoms with E-state index in [1.165, 1.54) is 11.1 Å². The lowest BCUT2D eigenvalue weighted by Crippen LogP contribution is -2.32. The first-order valence-electron chi connectivity index (χ1n) is 9.16. The van der Waals surface area contributed by atoms with Gasteiger partial charge in [-0.2, -0.15) is 0 Å².